The standard InChI is InChI=1S/C15H12NS/c1-10-5-6-12-8-7-11-3-2-4-13-14(11)15(12)16(10)9-17-13/h2-8H,9H2,1H3/q+1. The molecule has 0 amide bonds. The molecule has 1 aromatic heterocycles. The van der Waals surface area contributed by atoms with Crippen LogP contribution in [0.4, 0.5) is 0 Å². The van der Waals surface area contributed by atoms with Gasteiger partial charge in [0.15, 0.2) is 11.6 Å². The van der Waals surface area contributed by atoms with E-state index in [9.17, 15) is 0 Å². The summed E-state index contributed by atoms with van der Waals surface area (Å²) >= 11 is 1.93. The fourth-order valence-corrected chi connectivity index (χ4v) is 3.80. The van der Waals surface area contributed by atoms with Crippen LogP contribution < -0.4 is 4.57 Å². The molecule has 0 aliphatic carbocycles. The van der Waals surface area contributed by atoms with Gasteiger partial charge in [-0.1, -0.05) is 30.0 Å². The molecule has 3 aromatic rings. The zero-order valence-electron chi connectivity index (χ0n) is 9.60. The summed E-state index contributed by atoms with van der Waals surface area (Å²) in [6, 6.07) is 15.5. The summed E-state index contributed by atoms with van der Waals surface area (Å²) in [5, 5.41) is 4.11. The van der Waals surface area contributed by atoms with E-state index in [1.165, 1.54) is 32.3 Å². The van der Waals surface area contributed by atoms with Crippen LogP contribution in [0.5, 0.6) is 0 Å². The summed E-state index contributed by atoms with van der Waals surface area (Å²) in [4.78, 5) is 1.42. The van der Waals surface area contributed by atoms with Crippen molar-refractivity contribution in [3.63, 3.8) is 0 Å². The molecule has 1 aliphatic heterocycles. The van der Waals surface area contributed by atoms with Crippen molar-refractivity contribution >= 4 is 33.4 Å². The fraction of sp³-hybridized carbons (Fsp3) is 0.133. The van der Waals surface area contributed by atoms with Crippen molar-refractivity contribution in [3.8, 4) is 0 Å². The molecule has 17 heavy (non-hydrogen) atoms. The zero-order valence-corrected chi connectivity index (χ0v) is 10.4. The maximum absolute atomic E-state index is 2.43. The van der Waals surface area contributed by atoms with Crippen LogP contribution in [0.25, 0.3) is 21.7 Å². The lowest BCUT2D eigenvalue weighted by molar-refractivity contribution is -0.655. The highest BCUT2D eigenvalue weighted by molar-refractivity contribution is 7.98. The maximum Gasteiger partial charge on any atom is 0.222 e. The largest absolute Gasteiger partial charge is 0.222 e. The fourth-order valence-electron chi connectivity index (χ4n) is 2.67. The number of hydrogen-bond acceptors (Lipinski definition) is 1. The van der Waals surface area contributed by atoms with Crippen LogP contribution in [0.3, 0.4) is 0 Å². The summed E-state index contributed by atoms with van der Waals surface area (Å²) in [5.74, 6) is 1.03. The van der Waals surface area contributed by atoms with Crippen LogP contribution in [-0.4, -0.2) is 0 Å². The lowest BCUT2D eigenvalue weighted by atomic mass is 10.1. The van der Waals surface area contributed by atoms with Gasteiger partial charge in [-0.2, -0.15) is 4.57 Å². The molecule has 0 N–H and O–H groups in total. The highest BCUT2D eigenvalue weighted by atomic mass is 32.2. The van der Waals surface area contributed by atoms with Crippen molar-refractivity contribution in [2.45, 2.75) is 17.7 Å². The average Bonchev–Trinajstić information content (AvgIpc) is 2.38. The Kier molecular flexibility index (Phi) is 1.80. The minimum absolute atomic E-state index is 1.03. The molecule has 1 aliphatic rings. The van der Waals surface area contributed by atoms with Crippen molar-refractivity contribution in [2.75, 3.05) is 0 Å². The van der Waals surface area contributed by atoms with Crippen LogP contribution >= 0.6 is 11.8 Å². The molecule has 82 valence electrons. The molecule has 4 rings (SSSR count). The van der Waals surface area contributed by atoms with Crippen LogP contribution in [0.1, 0.15) is 5.69 Å². The van der Waals surface area contributed by atoms with E-state index >= 15 is 0 Å². The highest BCUT2D eigenvalue weighted by Gasteiger charge is 2.22. The van der Waals surface area contributed by atoms with E-state index in [0.717, 1.165) is 5.88 Å². The van der Waals surface area contributed by atoms with Gasteiger partial charge in [-0.05, 0) is 23.6 Å². The van der Waals surface area contributed by atoms with Crippen LogP contribution in [0.2, 0.25) is 0 Å². The zero-order chi connectivity index (χ0) is 11.4. The summed E-state index contributed by atoms with van der Waals surface area (Å²) in [7, 11) is 0. The van der Waals surface area contributed by atoms with Crippen molar-refractivity contribution in [1.29, 1.82) is 0 Å². The molecule has 0 bridgehead atoms. The van der Waals surface area contributed by atoms with Gasteiger partial charge in [-0.25, -0.2) is 0 Å². The van der Waals surface area contributed by atoms with Gasteiger partial charge in [0.25, 0.3) is 0 Å². The second-order valence-electron chi connectivity index (χ2n) is 4.53. The lowest BCUT2D eigenvalue weighted by Crippen LogP contribution is -2.38. The van der Waals surface area contributed by atoms with Gasteiger partial charge in [0.2, 0.25) is 5.52 Å². The number of hydrogen-bond donors (Lipinski definition) is 0. The summed E-state index contributed by atoms with van der Waals surface area (Å²) in [5.41, 5.74) is 2.74. The molecule has 1 nitrogen and oxygen atoms in total. The molecule has 2 aromatic carbocycles. The number of aryl methyl sites for hydroxylation is 1. The maximum atomic E-state index is 2.43. The highest BCUT2D eigenvalue weighted by Crippen LogP contribution is 2.35. The third-order valence-electron chi connectivity index (χ3n) is 3.56. The van der Waals surface area contributed by atoms with E-state index < -0.39 is 0 Å². The first-order chi connectivity index (χ1) is 8.34. The minimum atomic E-state index is 1.03. The molecule has 0 radical (unpaired) electrons. The van der Waals surface area contributed by atoms with Gasteiger partial charge < -0.3 is 0 Å². The Bertz CT molecular complexity index is 762. The summed E-state index contributed by atoms with van der Waals surface area (Å²) in [6.07, 6.45) is 0. The molecule has 0 fully saturated rings. The van der Waals surface area contributed by atoms with Crippen LogP contribution in [-0.2, 0) is 5.88 Å². The molecule has 0 saturated heterocycles. The molecular weight excluding hydrogens is 226 g/mol. The second-order valence-corrected chi connectivity index (χ2v) is 5.52. The van der Waals surface area contributed by atoms with Crippen molar-refractivity contribution < 1.29 is 4.57 Å². The number of nitrogens with zero attached hydrogens (tertiary/aromatic N) is 1. The number of rotatable bonds is 0. The second kappa shape index (κ2) is 3.23. The van der Waals surface area contributed by atoms with Gasteiger partial charge in [0, 0.05) is 23.3 Å². The molecule has 0 saturated carbocycles. The summed E-state index contributed by atoms with van der Waals surface area (Å²) in [6.45, 7) is 2.19. The topological polar surface area (TPSA) is 3.88 Å². The van der Waals surface area contributed by atoms with E-state index in [0.29, 0.717) is 0 Å². The Morgan fingerprint density at radius 2 is 1.82 bits per heavy atom. The number of thioether (sulfide) groups is 1. The lowest BCUT2D eigenvalue weighted by Gasteiger charge is -2.14. The van der Waals surface area contributed by atoms with Gasteiger partial charge in [-0.3, -0.25) is 0 Å². The quantitative estimate of drug-likeness (QED) is 0.427. The normalized spacial score (nSPS) is 13.7. The number of aromatic nitrogens is 1. The Balaban J connectivity index is 2.39. The first-order valence-electron chi connectivity index (χ1n) is 5.82. The smallest absolute Gasteiger partial charge is 0.185 e. The predicted octanol–water partition coefficient (Wildman–Crippen LogP) is 3.65. The van der Waals surface area contributed by atoms with E-state index in [4.69, 9.17) is 0 Å². The van der Waals surface area contributed by atoms with Gasteiger partial charge in [-0.15, -0.1) is 0 Å². The first kappa shape index (κ1) is 9.49. The van der Waals surface area contributed by atoms with Crippen molar-refractivity contribution in [1.82, 2.24) is 0 Å². The molecule has 2 heterocycles. The molecule has 0 atom stereocenters. The van der Waals surface area contributed by atoms with E-state index in [1.54, 1.807) is 0 Å². The summed E-state index contributed by atoms with van der Waals surface area (Å²) < 4.78 is 2.43. The third-order valence-corrected chi connectivity index (χ3v) is 4.60. The molecule has 0 spiro atoms. The Labute approximate surface area is 104 Å². The van der Waals surface area contributed by atoms with Crippen molar-refractivity contribution in [3.05, 3.63) is 48.2 Å². The van der Waals surface area contributed by atoms with Gasteiger partial charge in [0.05, 0.1) is 5.39 Å². The average molecular weight is 238 g/mol. The first-order valence-corrected chi connectivity index (χ1v) is 6.81. The molecule has 0 unspecified atom stereocenters. The van der Waals surface area contributed by atoms with Crippen LogP contribution in [0, 0.1) is 6.92 Å². The Morgan fingerprint density at radius 1 is 1.00 bits per heavy atom. The van der Waals surface area contributed by atoms with E-state index in [2.05, 4.69) is 54.0 Å². The molecular formula is C15H12NS+. The predicted molar refractivity (Wildman–Crippen MR) is 72.2 cm³/mol. The van der Waals surface area contributed by atoms with Crippen LogP contribution in [0.15, 0.2) is 47.4 Å². The third kappa shape index (κ3) is 1.19. The Morgan fingerprint density at radius 3 is 2.76 bits per heavy atom. The Hall–Kier alpha value is -1.54. The molecule has 2 heteroatoms. The van der Waals surface area contributed by atoms with E-state index in [1.807, 2.05) is 11.8 Å². The van der Waals surface area contributed by atoms with Crippen molar-refractivity contribution in [2.24, 2.45) is 0 Å². The van der Waals surface area contributed by atoms with Gasteiger partial charge in [0.1, 0.15) is 0 Å². The number of pyridine rings is 1. The minimum Gasteiger partial charge on any atom is -0.185 e. The van der Waals surface area contributed by atoms with Gasteiger partial charge >= 0.3 is 0 Å². The van der Waals surface area contributed by atoms with E-state index in [-0.39, 0.29) is 0 Å². The monoisotopic (exact) mass is 238 g/mol. The SMILES string of the molecule is Cc1ccc2ccc3cccc4c3c2[n+]1CS4. The number of benzene rings is 2.